The van der Waals surface area contributed by atoms with Crippen molar-refractivity contribution in [1.82, 2.24) is 19.6 Å². The van der Waals surface area contributed by atoms with Gasteiger partial charge in [0.15, 0.2) is 0 Å². The number of benzene rings is 1. The van der Waals surface area contributed by atoms with Gasteiger partial charge < -0.3 is 4.90 Å². The van der Waals surface area contributed by atoms with E-state index in [1.165, 1.54) is 5.56 Å². The Morgan fingerprint density at radius 2 is 1.87 bits per heavy atom. The smallest absolute Gasteiger partial charge is 0.273 e. The number of hydrogen-bond acceptors (Lipinski definition) is 3. The third-order valence-corrected chi connectivity index (χ3v) is 5.12. The number of rotatable bonds is 3. The predicted molar refractivity (Wildman–Crippen MR) is 98.6 cm³/mol. The summed E-state index contributed by atoms with van der Waals surface area (Å²) in [6, 6.07) is 7.94. The Morgan fingerprint density at radius 3 is 2.43 bits per heavy atom. The topological polar surface area (TPSA) is 41.4 Å². The van der Waals surface area contributed by atoms with E-state index in [9.17, 15) is 4.79 Å². The molecular formula is C16H18ClIN4O. The lowest BCUT2D eigenvalue weighted by Gasteiger charge is -2.34. The first-order valence-corrected chi connectivity index (χ1v) is 8.94. The lowest BCUT2D eigenvalue weighted by molar-refractivity contribution is 0.0616. The van der Waals surface area contributed by atoms with E-state index in [4.69, 9.17) is 11.6 Å². The maximum absolute atomic E-state index is 12.6. The zero-order valence-electron chi connectivity index (χ0n) is 12.9. The molecule has 1 fully saturated rings. The summed E-state index contributed by atoms with van der Waals surface area (Å²) in [4.78, 5) is 16.9. The highest BCUT2D eigenvalue weighted by molar-refractivity contribution is 14.1. The van der Waals surface area contributed by atoms with Crippen molar-refractivity contribution in [2.24, 2.45) is 7.05 Å². The summed E-state index contributed by atoms with van der Waals surface area (Å²) < 4.78 is 2.56. The Labute approximate surface area is 154 Å². The van der Waals surface area contributed by atoms with Crippen LogP contribution in [-0.2, 0) is 13.6 Å². The number of amides is 1. The van der Waals surface area contributed by atoms with Gasteiger partial charge in [0.2, 0.25) is 0 Å². The van der Waals surface area contributed by atoms with Crippen molar-refractivity contribution >= 4 is 40.1 Å². The molecule has 0 radical (unpaired) electrons. The van der Waals surface area contributed by atoms with E-state index in [0.29, 0.717) is 5.69 Å². The number of hydrogen-bond donors (Lipinski definition) is 0. The number of aromatic nitrogens is 2. The van der Waals surface area contributed by atoms with Crippen LogP contribution in [-0.4, -0.2) is 51.7 Å². The maximum atomic E-state index is 12.6. The van der Waals surface area contributed by atoms with Crippen molar-refractivity contribution in [2.75, 3.05) is 26.2 Å². The minimum Gasteiger partial charge on any atom is -0.335 e. The lowest BCUT2D eigenvalue weighted by Crippen LogP contribution is -2.48. The van der Waals surface area contributed by atoms with Crippen LogP contribution in [0, 0.1) is 3.57 Å². The van der Waals surface area contributed by atoms with Crippen molar-refractivity contribution < 1.29 is 4.79 Å². The van der Waals surface area contributed by atoms with E-state index >= 15 is 0 Å². The SMILES string of the molecule is Cn1ncc(I)c1C(=O)N1CCN(Cc2ccc(Cl)cc2)CC1. The summed E-state index contributed by atoms with van der Waals surface area (Å²) in [6.45, 7) is 4.13. The van der Waals surface area contributed by atoms with Crippen molar-refractivity contribution in [3.05, 3.63) is 50.3 Å². The zero-order chi connectivity index (χ0) is 16.4. The van der Waals surface area contributed by atoms with Crippen LogP contribution >= 0.6 is 34.2 Å². The molecule has 0 saturated carbocycles. The van der Waals surface area contributed by atoms with Crippen molar-refractivity contribution in [2.45, 2.75) is 6.54 Å². The Balaban J connectivity index is 1.58. The van der Waals surface area contributed by atoms with Gasteiger partial charge in [0.1, 0.15) is 5.69 Å². The average molecular weight is 445 g/mol. The fourth-order valence-electron chi connectivity index (χ4n) is 2.76. The molecule has 1 aliphatic rings. The van der Waals surface area contributed by atoms with E-state index in [1.807, 2.05) is 24.1 Å². The Kier molecular flexibility index (Phi) is 5.23. The molecule has 5 nitrogen and oxygen atoms in total. The molecular weight excluding hydrogens is 427 g/mol. The van der Waals surface area contributed by atoms with Gasteiger partial charge in [-0.1, -0.05) is 23.7 Å². The molecule has 0 N–H and O–H groups in total. The zero-order valence-corrected chi connectivity index (χ0v) is 15.8. The average Bonchev–Trinajstić information content (AvgIpc) is 2.88. The molecule has 7 heteroatoms. The molecule has 122 valence electrons. The molecule has 0 atom stereocenters. The van der Waals surface area contributed by atoms with Gasteiger partial charge in [0.05, 0.1) is 9.77 Å². The monoisotopic (exact) mass is 444 g/mol. The molecule has 0 spiro atoms. The number of halogens is 2. The molecule has 1 aromatic heterocycles. The number of piperazine rings is 1. The Hall–Kier alpha value is -1.12. The van der Waals surface area contributed by atoms with Gasteiger partial charge in [-0.05, 0) is 40.3 Å². The van der Waals surface area contributed by atoms with Crippen LogP contribution in [0.1, 0.15) is 16.1 Å². The first kappa shape index (κ1) is 16.7. The first-order chi connectivity index (χ1) is 11.0. The van der Waals surface area contributed by atoms with Crippen LogP contribution in [0.5, 0.6) is 0 Å². The molecule has 1 saturated heterocycles. The summed E-state index contributed by atoms with van der Waals surface area (Å²) in [6.07, 6.45) is 1.73. The summed E-state index contributed by atoms with van der Waals surface area (Å²) in [5, 5.41) is 4.91. The standard InChI is InChI=1S/C16H18ClIN4O/c1-20-15(14(18)10-19-20)16(23)22-8-6-21(7-9-22)11-12-2-4-13(17)5-3-12/h2-5,10H,6-9,11H2,1H3. The summed E-state index contributed by atoms with van der Waals surface area (Å²) >= 11 is 8.08. The van der Waals surface area contributed by atoms with Crippen molar-refractivity contribution in [3.8, 4) is 0 Å². The van der Waals surface area contributed by atoms with E-state index in [1.54, 1.807) is 10.9 Å². The third-order valence-electron chi connectivity index (χ3n) is 4.08. The van der Waals surface area contributed by atoms with Crippen LogP contribution in [0.25, 0.3) is 0 Å². The molecule has 1 amide bonds. The molecule has 1 aliphatic heterocycles. The van der Waals surface area contributed by atoms with E-state index < -0.39 is 0 Å². The Morgan fingerprint density at radius 1 is 1.22 bits per heavy atom. The molecule has 0 aliphatic carbocycles. The summed E-state index contributed by atoms with van der Waals surface area (Å²) in [5.74, 6) is 0.0699. The van der Waals surface area contributed by atoms with Gasteiger partial charge in [0.25, 0.3) is 5.91 Å². The number of carbonyl (C=O) groups excluding carboxylic acids is 1. The highest BCUT2D eigenvalue weighted by Crippen LogP contribution is 2.16. The van der Waals surface area contributed by atoms with Crippen LogP contribution < -0.4 is 0 Å². The van der Waals surface area contributed by atoms with Crippen molar-refractivity contribution in [1.29, 1.82) is 0 Å². The normalized spacial score (nSPS) is 15.9. The summed E-state index contributed by atoms with van der Waals surface area (Å²) in [7, 11) is 1.81. The molecule has 0 unspecified atom stereocenters. The molecule has 1 aromatic carbocycles. The maximum Gasteiger partial charge on any atom is 0.273 e. The van der Waals surface area contributed by atoms with Gasteiger partial charge >= 0.3 is 0 Å². The lowest BCUT2D eigenvalue weighted by atomic mass is 10.2. The van der Waals surface area contributed by atoms with Crippen LogP contribution in [0.2, 0.25) is 5.02 Å². The quantitative estimate of drug-likeness (QED) is 0.684. The number of carbonyl (C=O) groups is 1. The van der Waals surface area contributed by atoms with Gasteiger partial charge in [-0.3, -0.25) is 14.4 Å². The van der Waals surface area contributed by atoms with E-state index in [0.717, 1.165) is 41.3 Å². The molecule has 0 bridgehead atoms. The fourth-order valence-corrected chi connectivity index (χ4v) is 3.59. The first-order valence-electron chi connectivity index (χ1n) is 7.48. The highest BCUT2D eigenvalue weighted by Gasteiger charge is 2.25. The summed E-state index contributed by atoms with van der Waals surface area (Å²) in [5.41, 5.74) is 1.92. The number of aryl methyl sites for hydroxylation is 1. The second-order valence-electron chi connectivity index (χ2n) is 5.66. The number of nitrogens with zero attached hydrogens (tertiary/aromatic N) is 4. The van der Waals surface area contributed by atoms with Crippen molar-refractivity contribution in [3.63, 3.8) is 0 Å². The minimum absolute atomic E-state index is 0.0699. The fraction of sp³-hybridized carbons (Fsp3) is 0.375. The van der Waals surface area contributed by atoms with Gasteiger partial charge in [-0.2, -0.15) is 5.10 Å². The van der Waals surface area contributed by atoms with Gasteiger partial charge in [-0.15, -0.1) is 0 Å². The highest BCUT2D eigenvalue weighted by atomic mass is 127. The third kappa shape index (κ3) is 3.87. The molecule has 2 heterocycles. The minimum atomic E-state index is 0.0699. The van der Waals surface area contributed by atoms with Crippen LogP contribution in [0.15, 0.2) is 30.5 Å². The largest absolute Gasteiger partial charge is 0.335 e. The Bertz CT molecular complexity index is 673. The second kappa shape index (κ2) is 7.19. The van der Waals surface area contributed by atoms with Crippen LogP contribution in [0.4, 0.5) is 0 Å². The molecule has 3 rings (SSSR count). The van der Waals surface area contributed by atoms with Crippen LogP contribution in [0.3, 0.4) is 0 Å². The van der Waals surface area contributed by atoms with Gasteiger partial charge in [-0.25, -0.2) is 0 Å². The molecule has 23 heavy (non-hydrogen) atoms. The van der Waals surface area contributed by atoms with E-state index in [2.05, 4.69) is 44.7 Å². The van der Waals surface area contributed by atoms with E-state index in [-0.39, 0.29) is 5.91 Å². The second-order valence-corrected chi connectivity index (χ2v) is 7.26. The predicted octanol–water partition coefficient (Wildman–Crippen LogP) is 2.64. The van der Waals surface area contributed by atoms with Gasteiger partial charge in [0, 0.05) is 44.8 Å². The molecule has 2 aromatic rings.